The molecule has 5 rings (SSSR count). The van der Waals surface area contributed by atoms with Gasteiger partial charge in [-0.3, -0.25) is 9.89 Å². The molecule has 2 unspecified atom stereocenters. The van der Waals surface area contributed by atoms with Gasteiger partial charge in [-0.1, -0.05) is 38.1 Å². The van der Waals surface area contributed by atoms with Gasteiger partial charge in [-0.15, -0.1) is 0 Å². The van der Waals surface area contributed by atoms with Crippen LogP contribution in [0.25, 0.3) is 5.69 Å². The van der Waals surface area contributed by atoms with Crippen LogP contribution in [0.2, 0.25) is 0 Å². The summed E-state index contributed by atoms with van der Waals surface area (Å²) in [4.78, 5) is 15.3. The van der Waals surface area contributed by atoms with E-state index in [2.05, 4.69) is 23.8 Å². The molecule has 0 amide bonds. The van der Waals surface area contributed by atoms with E-state index in [4.69, 9.17) is 4.74 Å². The van der Waals surface area contributed by atoms with E-state index in [0.717, 1.165) is 22.7 Å². The summed E-state index contributed by atoms with van der Waals surface area (Å²) in [5.41, 5.74) is 4.45. The third-order valence-corrected chi connectivity index (χ3v) is 7.58. The number of aromatic nitrogens is 2. The van der Waals surface area contributed by atoms with Crippen LogP contribution in [0.4, 0.5) is 5.69 Å². The van der Waals surface area contributed by atoms with E-state index in [-0.39, 0.29) is 11.0 Å². The number of aryl methyl sites for hydroxylation is 1. The van der Waals surface area contributed by atoms with E-state index >= 15 is 0 Å². The van der Waals surface area contributed by atoms with Crippen molar-refractivity contribution in [2.75, 3.05) is 19.1 Å². The summed E-state index contributed by atoms with van der Waals surface area (Å²) in [6, 6.07) is 15.3. The van der Waals surface area contributed by atoms with Gasteiger partial charge in [0.05, 0.1) is 25.0 Å². The highest BCUT2D eigenvalue weighted by Crippen LogP contribution is 2.51. The fourth-order valence-electron chi connectivity index (χ4n) is 5.61. The molecule has 3 aromatic rings. The van der Waals surface area contributed by atoms with Gasteiger partial charge in [-0.2, -0.15) is 0 Å². The fraction of sp³-hybridized carbons (Fsp3) is 0.370. The Morgan fingerprint density at radius 2 is 1.76 bits per heavy atom. The number of H-pyrrole nitrogens is 1. The first-order valence-corrected chi connectivity index (χ1v) is 11.5. The van der Waals surface area contributed by atoms with Crippen molar-refractivity contribution in [3.63, 3.8) is 0 Å². The number of hydrogen-bond acceptors (Lipinski definition) is 5. The minimum atomic E-state index is -0.864. The second kappa shape index (κ2) is 7.89. The number of rotatable bonds is 4. The zero-order valence-corrected chi connectivity index (χ0v) is 20.1. The maximum atomic E-state index is 13.2. The lowest BCUT2D eigenvalue weighted by Gasteiger charge is -2.45. The number of aliphatic hydroxyl groups excluding tert-OH is 2. The molecule has 2 atom stereocenters. The Morgan fingerprint density at radius 1 is 1.09 bits per heavy atom. The molecular weight excluding hydrogens is 430 g/mol. The van der Waals surface area contributed by atoms with Crippen molar-refractivity contribution >= 4 is 5.69 Å². The highest BCUT2D eigenvalue weighted by molar-refractivity contribution is 5.71. The first-order valence-electron chi connectivity index (χ1n) is 11.5. The summed E-state index contributed by atoms with van der Waals surface area (Å²) >= 11 is 0. The maximum absolute atomic E-state index is 13.2. The number of fused-ring (bicyclic) bond motifs is 1. The maximum Gasteiger partial charge on any atom is 0.275 e. The number of nitrogens with one attached hydrogen (secondary N) is 1. The fourth-order valence-corrected chi connectivity index (χ4v) is 5.61. The van der Waals surface area contributed by atoms with Crippen molar-refractivity contribution < 1.29 is 14.9 Å². The van der Waals surface area contributed by atoms with Gasteiger partial charge < -0.3 is 19.8 Å². The zero-order valence-electron chi connectivity index (χ0n) is 20.1. The van der Waals surface area contributed by atoms with Gasteiger partial charge in [0.1, 0.15) is 5.75 Å². The number of ether oxygens (including phenoxy) is 1. The van der Waals surface area contributed by atoms with Crippen LogP contribution in [0.15, 0.2) is 65.1 Å². The van der Waals surface area contributed by atoms with Gasteiger partial charge in [-0.05, 0) is 42.8 Å². The average molecular weight is 462 g/mol. The van der Waals surface area contributed by atoms with Crippen molar-refractivity contribution in [3.8, 4) is 11.4 Å². The number of likely N-dealkylation sites (N-methyl/N-ethyl adjacent to an activating group) is 1. The molecule has 7 heteroatoms. The van der Waals surface area contributed by atoms with Crippen molar-refractivity contribution in [1.29, 1.82) is 0 Å². The van der Waals surface area contributed by atoms with Crippen LogP contribution in [-0.2, 0) is 5.41 Å². The van der Waals surface area contributed by atoms with Crippen molar-refractivity contribution in [1.82, 2.24) is 9.78 Å². The molecule has 1 aromatic heterocycles. The average Bonchev–Trinajstić information content (AvgIpc) is 3.22. The number of hydrogen-bond donors (Lipinski definition) is 3. The molecule has 7 nitrogen and oxygen atoms in total. The lowest BCUT2D eigenvalue weighted by Crippen LogP contribution is -2.54. The lowest BCUT2D eigenvalue weighted by atomic mass is 9.65. The normalized spacial score (nSPS) is 26.4. The number of nitrogens with zero attached hydrogens (tertiary/aromatic N) is 2. The molecule has 1 aliphatic carbocycles. The Kier molecular flexibility index (Phi) is 5.22. The monoisotopic (exact) mass is 461 g/mol. The molecule has 2 aromatic carbocycles. The summed E-state index contributed by atoms with van der Waals surface area (Å²) in [5, 5.41) is 25.4. The second-order valence-electron chi connectivity index (χ2n) is 9.83. The third kappa shape index (κ3) is 3.15. The van der Waals surface area contributed by atoms with Gasteiger partial charge in [0.15, 0.2) is 0 Å². The van der Waals surface area contributed by atoms with Gasteiger partial charge in [0.25, 0.3) is 5.56 Å². The summed E-state index contributed by atoms with van der Waals surface area (Å²) < 4.78 is 6.88. The van der Waals surface area contributed by atoms with Crippen LogP contribution < -0.4 is 15.2 Å². The number of aromatic amines is 1. The summed E-state index contributed by atoms with van der Waals surface area (Å²) in [6.07, 6.45) is 0.239. The molecule has 0 radical (unpaired) electrons. The molecule has 1 saturated carbocycles. The predicted molar refractivity (Wildman–Crippen MR) is 132 cm³/mol. The summed E-state index contributed by atoms with van der Waals surface area (Å²) in [6.45, 7) is 6.06. The molecular formula is C27H31N3O4. The minimum Gasteiger partial charge on any atom is -0.497 e. The molecule has 34 heavy (non-hydrogen) atoms. The van der Waals surface area contributed by atoms with Crippen LogP contribution in [-0.4, -0.2) is 46.4 Å². The Hall–Kier alpha value is -3.29. The van der Waals surface area contributed by atoms with Crippen molar-refractivity contribution in [2.24, 2.45) is 5.92 Å². The zero-order chi connectivity index (χ0) is 24.4. The molecule has 0 saturated heterocycles. The van der Waals surface area contributed by atoms with E-state index in [0.29, 0.717) is 16.9 Å². The van der Waals surface area contributed by atoms with Crippen LogP contribution in [0, 0.1) is 12.8 Å². The molecule has 0 spiro atoms. The lowest BCUT2D eigenvalue weighted by molar-refractivity contribution is -0.0952. The van der Waals surface area contributed by atoms with Gasteiger partial charge in [0.2, 0.25) is 0 Å². The van der Waals surface area contributed by atoms with E-state index in [1.807, 2.05) is 61.7 Å². The first kappa shape index (κ1) is 22.5. The molecule has 1 aliphatic heterocycles. The Morgan fingerprint density at radius 3 is 2.41 bits per heavy atom. The summed E-state index contributed by atoms with van der Waals surface area (Å²) in [5.74, 6) is -0.326. The van der Waals surface area contributed by atoms with E-state index < -0.39 is 24.0 Å². The number of allylic oxidation sites excluding steroid dienone is 1. The largest absolute Gasteiger partial charge is 0.497 e. The van der Waals surface area contributed by atoms with E-state index in [1.165, 1.54) is 4.68 Å². The van der Waals surface area contributed by atoms with Crippen LogP contribution >= 0.6 is 0 Å². The Balaban J connectivity index is 1.46. The number of aliphatic hydroxyl groups is 2. The molecule has 2 heterocycles. The smallest absolute Gasteiger partial charge is 0.275 e. The Labute approximate surface area is 198 Å². The van der Waals surface area contributed by atoms with E-state index in [9.17, 15) is 15.0 Å². The van der Waals surface area contributed by atoms with Crippen LogP contribution in [0.5, 0.6) is 5.75 Å². The number of methoxy groups -OCH3 is 1. The van der Waals surface area contributed by atoms with Gasteiger partial charge in [0, 0.05) is 46.9 Å². The SMILES string of the molecule is COc1ccc2c(c1)C(C)(C)C(=CC1C(O)C(c3c(C)[nH]n(-c4ccccc4)c3=O)C1O)N2C. The summed E-state index contributed by atoms with van der Waals surface area (Å²) in [7, 11) is 3.65. The minimum absolute atomic E-state index is 0.240. The van der Waals surface area contributed by atoms with Crippen LogP contribution in [0.3, 0.4) is 0 Å². The highest BCUT2D eigenvalue weighted by atomic mass is 16.5. The quantitative estimate of drug-likeness (QED) is 0.555. The Bertz CT molecular complexity index is 1310. The first-order chi connectivity index (χ1) is 16.2. The topological polar surface area (TPSA) is 90.7 Å². The van der Waals surface area contributed by atoms with Gasteiger partial charge >= 0.3 is 0 Å². The number of para-hydroxylation sites is 1. The molecule has 2 aliphatic rings. The standard InChI is InChI=1S/C27H31N3O4/c1-15-22(26(33)30(28-15)16-9-7-6-8-10-16)23-24(31)18(25(23)32)14-21-27(2,3)19-13-17(34-5)11-12-20(19)29(21)4/h6-14,18,23-25,28,31-32H,1-5H3. The molecule has 1 fully saturated rings. The predicted octanol–water partition coefficient (Wildman–Crippen LogP) is 3.23. The second-order valence-corrected chi connectivity index (χ2v) is 9.83. The highest BCUT2D eigenvalue weighted by Gasteiger charge is 2.52. The van der Waals surface area contributed by atoms with E-state index in [1.54, 1.807) is 14.0 Å². The number of benzene rings is 2. The number of anilines is 1. The van der Waals surface area contributed by atoms with Crippen molar-refractivity contribution in [2.45, 2.75) is 44.3 Å². The van der Waals surface area contributed by atoms with Crippen LogP contribution in [0.1, 0.15) is 36.6 Å². The van der Waals surface area contributed by atoms with Crippen molar-refractivity contribution in [3.05, 3.63) is 87.5 Å². The third-order valence-electron chi connectivity index (χ3n) is 7.58. The van der Waals surface area contributed by atoms with Gasteiger partial charge in [-0.25, -0.2) is 4.68 Å². The molecule has 0 bridgehead atoms. The molecule has 3 N–H and O–H groups in total. The molecule has 178 valence electrons.